The number of hydrogen-bond donors (Lipinski definition) is 2. The molecular weight excluding hydrogens is 262 g/mol. The molecule has 0 radical (unpaired) electrons. The molecule has 0 spiro atoms. The van der Waals surface area contributed by atoms with Crippen LogP contribution in [0.25, 0.3) is 0 Å². The Bertz CT molecular complexity index is 555. The topological polar surface area (TPSA) is 85.1 Å². The maximum atomic E-state index is 12.4. The maximum Gasteiger partial charge on any atom is 0.242 e. The summed E-state index contributed by atoms with van der Waals surface area (Å²) in [6.45, 7) is 4.31. The first-order chi connectivity index (χ1) is 8.87. The molecule has 106 valence electrons. The van der Waals surface area contributed by atoms with Gasteiger partial charge in [-0.05, 0) is 30.4 Å². The van der Waals surface area contributed by atoms with Gasteiger partial charge in [-0.25, -0.2) is 13.1 Å². The van der Waals surface area contributed by atoms with E-state index in [9.17, 15) is 8.42 Å². The number of nitrogens with one attached hydrogen (secondary N) is 1. The van der Waals surface area contributed by atoms with Crippen molar-refractivity contribution in [3.05, 3.63) is 24.0 Å². The standard InChI is InChI=1S/C13H21N3O2S/c1-13(2)7-3-6-12(13)16-19(17,18)11-5-4-8-15-10(11)9-14/h4-5,8,12,16H,3,6-7,9,14H2,1-2H3. The molecule has 0 amide bonds. The number of pyridine rings is 1. The average Bonchev–Trinajstić information content (AvgIpc) is 2.68. The summed E-state index contributed by atoms with van der Waals surface area (Å²) in [6.07, 6.45) is 4.53. The predicted octanol–water partition coefficient (Wildman–Crippen LogP) is 1.40. The first-order valence-corrected chi connectivity index (χ1v) is 8.01. The molecule has 0 aliphatic heterocycles. The van der Waals surface area contributed by atoms with Crippen LogP contribution in [0.4, 0.5) is 0 Å². The highest BCUT2D eigenvalue weighted by Gasteiger charge is 2.37. The van der Waals surface area contributed by atoms with E-state index in [2.05, 4.69) is 23.6 Å². The fraction of sp³-hybridized carbons (Fsp3) is 0.615. The quantitative estimate of drug-likeness (QED) is 0.874. The zero-order valence-electron chi connectivity index (χ0n) is 11.4. The maximum absolute atomic E-state index is 12.4. The lowest BCUT2D eigenvalue weighted by Crippen LogP contribution is -2.41. The van der Waals surface area contributed by atoms with Crippen molar-refractivity contribution in [3.8, 4) is 0 Å². The first kappa shape index (κ1) is 14.4. The molecular formula is C13H21N3O2S. The summed E-state index contributed by atoms with van der Waals surface area (Å²) in [5, 5.41) is 0. The van der Waals surface area contributed by atoms with Crippen molar-refractivity contribution in [2.45, 2.75) is 50.6 Å². The van der Waals surface area contributed by atoms with Crippen LogP contribution in [0, 0.1) is 5.41 Å². The zero-order chi connectivity index (χ0) is 14.1. The Kier molecular flexibility index (Phi) is 3.94. The lowest BCUT2D eigenvalue weighted by Gasteiger charge is -2.27. The smallest absolute Gasteiger partial charge is 0.242 e. The van der Waals surface area contributed by atoms with Crippen LogP contribution in [0.15, 0.2) is 23.2 Å². The van der Waals surface area contributed by atoms with Crippen molar-refractivity contribution < 1.29 is 8.42 Å². The number of nitrogens with zero attached hydrogens (tertiary/aromatic N) is 1. The van der Waals surface area contributed by atoms with E-state index in [1.165, 1.54) is 0 Å². The Morgan fingerprint density at radius 1 is 1.53 bits per heavy atom. The molecule has 1 aliphatic rings. The van der Waals surface area contributed by atoms with E-state index in [0.717, 1.165) is 19.3 Å². The molecule has 5 nitrogen and oxygen atoms in total. The summed E-state index contributed by atoms with van der Waals surface area (Å²) in [4.78, 5) is 4.22. The van der Waals surface area contributed by atoms with Crippen molar-refractivity contribution in [2.75, 3.05) is 0 Å². The van der Waals surface area contributed by atoms with Gasteiger partial charge in [0, 0.05) is 18.8 Å². The molecule has 1 aromatic heterocycles. The molecule has 1 fully saturated rings. The molecule has 2 rings (SSSR count). The van der Waals surface area contributed by atoms with Gasteiger partial charge < -0.3 is 5.73 Å². The highest BCUT2D eigenvalue weighted by Crippen LogP contribution is 2.37. The number of hydrogen-bond acceptors (Lipinski definition) is 4. The monoisotopic (exact) mass is 283 g/mol. The number of nitrogens with two attached hydrogens (primary N) is 1. The summed E-state index contributed by atoms with van der Waals surface area (Å²) in [7, 11) is -3.55. The van der Waals surface area contributed by atoms with Gasteiger partial charge in [0.05, 0.1) is 5.69 Å². The van der Waals surface area contributed by atoms with Gasteiger partial charge >= 0.3 is 0 Å². The summed E-state index contributed by atoms with van der Waals surface area (Å²) < 4.78 is 27.7. The van der Waals surface area contributed by atoms with Crippen LogP contribution in [0.1, 0.15) is 38.8 Å². The molecule has 1 saturated carbocycles. The van der Waals surface area contributed by atoms with Crippen LogP contribution in [0.2, 0.25) is 0 Å². The lowest BCUT2D eigenvalue weighted by atomic mass is 9.88. The van der Waals surface area contributed by atoms with Gasteiger partial charge in [0.15, 0.2) is 0 Å². The Morgan fingerprint density at radius 2 is 2.26 bits per heavy atom. The summed E-state index contributed by atoms with van der Waals surface area (Å²) in [5.41, 5.74) is 5.96. The first-order valence-electron chi connectivity index (χ1n) is 6.53. The number of sulfonamides is 1. The SMILES string of the molecule is CC1(C)CCCC1NS(=O)(=O)c1cccnc1CN. The minimum atomic E-state index is -3.55. The van der Waals surface area contributed by atoms with Crippen LogP contribution in [0.5, 0.6) is 0 Å². The van der Waals surface area contributed by atoms with E-state index in [4.69, 9.17) is 5.73 Å². The van der Waals surface area contributed by atoms with E-state index in [0.29, 0.717) is 5.69 Å². The van der Waals surface area contributed by atoms with E-state index >= 15 is 0 Å². The van der Waals surface area contributed by atoms with Gasteiger partial charge in [-0.2, -0.15) is 0 Å². The van der Waals surface area contributed by atoms with Gasteiger partial charge in [0.25, 0.3) is 0 Å². The fourth-order valence-corrected chi connectivity index (χ4v) is 4.26. The van der Waals surface area contributed by atoms with Crippen LogP contribution < -0.4 is 10.5 Å². The van der Waals surface area contributed by atoms with E-state index < -0.39 is 10.0 Å². The normalized spacial score (nSPS) is 22.6. The van der Waals surface area contributed by atoms with Crippen molar-refractivity contribution in [2.24, 2.45) is 11.1 Å². The minimum Gasteiger partial charge on any atom is -0.325 e. The fourth-order valence-electron chi connectivity index (χ4n) is 2.62. The summed E-state index contributed by atoms with van der Waals surface area (Å²) >= 11 is 0. The second-order valence-electron chi connectivity index (χ2n) is 5.71. The van der Waals surface area contributed by atoms with Gasteiger partial charge in [-0.15, -0.1) is 0 Å². The molecule has 0 saturated heterocycles. The van der Waals surface area contributed by atoms with Crippen molar-refractivity contribution in [1.29, 1.82) is 0 Å². The lowest BCUT2D eigenvalue weighted by molar-refractivity contribution is 0.313. The second kappa shape index (κ2) is 5.19. The van der Waals surface area contributed by atoms with Crippen LogP contribution in [-0.2, 0) is 16.6 Å². The van der Waals surface area contributed by atoms with Gasteiger partial charge in [0.1, 0.15) is 4.90 Å². The van der Waals surface area contributed by atoms with Crippen LogP contribution >= 0.6 is 0 Å². The zero-order valence-corrected chi connectivity index (χ0v) is 12.2. The third-order valence-corrected chi connectivity index (χ3v) is 5.43. The van der Waals surface area contributed by atoms with Gasteiger partial charge in [-0.1, -0.05) is 20.3 Å². The minimum absolute atomic E-state index is 0.00183. The van der Waals surface area contributed by atoms with Crippen LogP contribution in [0.3, 0.4) is 0 Å². The molecule has 1 atom stereocenters. The van der Waals surface area contributed by atoms with E-state index in [1.54, 1.807) is 18.3 Å². The molecule has 0 aromatic carbocycles. The third kappa shape index (κ3) is 2.96. The second-order valence-corrected chi connectivity index (χ2v) is 7.39. The molecule has 0 bridgehead atoms. The Morgan fingerprint density at radius 3 is 2.84 bits per heavy atom. The van der Waals surface area contributed by atoms with Gasteiger partial charge in [0.2, 0.25) is 10.0 Å². The van der Waals surface area contributed by atoms with Crippen LogP contribution in [-0.4, -0.2) is 19.4 Å². The predicted molar refractivity (Wildman–Crippen MR) is 73.9 cm³/mol. The summed E-state index contributed by atoms with van der Waals surface area (Å²) in [6, 6.07) is 3.15. The molecule has 1 aliphatic carbocycles. The molecule has 19 heavy (non-hydrogen) atoms. The Balaban J connectivity index is 2.28. The van der Waals surface area contributed by atoms with E-state index in [1.807, 2.05) is 0 Å². The van der Waals surface area contributed by atoms with Crippen molar-refractivity contribution in [3.63, 3.8) is 0 Å². The average molecular weight is 283 g/mol. The van der Waals surface area contributed by atoms with Crippen molar-refractivity contribution >= 4 is 10.0 Å². The number of rotatable bonds is 4. The van der Waals surface area contributed by atoms with Crippen molar-refractivity contribution in [1.82, 2.24) is 9.71 Å². The Hall–Kier alpha value is -0.980. The molecule has 3 N–H and O–H groups in total. The number of aromatic nitrogens is 1. The Labute approximate surface area is 114 Å². The molecule has 1 unspecified atom stereocenters. The van der Waals surface area contributed by atoms with Gasteiger partial charge in [-0.3, -0.25) is 4.98 Å². The van der Waals surface area contributed by atoms with E-state index in [-0.39, 0.29) is 22.9 Å². The highest BCUT2D eigenvalue weighted by atomic mass is 32.2. The molecule has 6 heteroatoms. The molecule has 1 aromatic rings. The highest BCUT2D eigenvalue weighted by molar-refractivity contribution is 7.89. The largest absolute Gasteiger partial charge is 0.325 e. The summed E-state index contributed by atoms with van der Waals surface area (Å²) in [5.74, 6) is 0. The third-order valence-electron chi connectivity index (χ3n) is 3.89. The molecule has 1 heterocycles.